The van der Waals surface area contributed by atoms with Gasteiger partial charge < -0.3 is 5.73 Å². The van der Waals surface area contributed by atoms with Gasteiger partial charge in [-0.25, -0.2) is 17.2 Å². The van der Waals surface area contributed by atoms with Crippen LogP contribution in [0.2, 0.25) is 0 Å². The fourth-order valence-corrected chi connectivity index (χ4v) is 4.10. The molecule has 0 spiro atoms. The highest BCUT2D eigenvalue weighted by Gasteiger charge is 2.34. The van der Waals surface area contributed by atoms with Crippen LogP contribution in [0, 0.1) is 11.6 Å². The monoisotopic (exact) mass is 304 g/mol. The van der Waals surface area contributed by atoms with E-state index in [2.05, 4.69) is 0 Å². The van der Waals surface area contributed by atoms with Gasteiger partial charge in [-0.3, -0.25) is 0 Å². The van der Waals surface area contributed by atoms with Crippen LogP contribution < -0.4 is 5.73 Å². The molecule has 2 rings (SSSR count). The number of nitrogens with zero attached hydrogens (tertiary/aromatic N) is 1. The first kappa shape index (κ1) is 15.3. The number of hydrogen-bond donors (Lipinski definition) is 1. The molecule has 112 valence electrons. The van der Waals surface area contributed by atoms with Crippen LogP contribution in [0.25, 0.3) is 0 Å². The van der Waals surface area contributed by atoms with E-state index >= 15 is 0 Å². The van der Waals surface area contributed by atoms with Crippen molar-refractivity contribution in [3.63, 3.8) is 0 Å². The van der Waals surface area contributed by atoms with Gasteiger partial charge in [0.25, 0.3) is 0 Å². The molecule has 0 heterocycles. The molecule has 0 saturated heterocycles. The van der Waals surface area contributed by atoms with E-state index in [0.29, 0.717) is 12.5 Å². The van der Waals surface area contributed by atoms with Gasteiger partial charge in [0.2, 0.25) is 10.0 Å². The number of likely N-dealkylation sites (N-methyl/N-ethyl adjacent to an activating group) is 1. The molecule has 1 aromatic rings. The Labute approximate surface area is 117 Å². The number of halogens is 2. The molecule has 4 nitrogen and oxygen atoms in total. The Morgan fingerprint density at radius 2 is 1.90 bits per heavy atom. The van der Waals surface area contributed by atoms with E-state index in [-0.39, 0.29) is 12.1 Å². The first-order valence-electron chi connectivity index (χ1n) is 6.52. The molecule has 1 aliphatic rings. The topological polar surface area (TPSA) is 63.4 Å². The summed E-state index contributed by atoms with van der Waals surface area (Å²) >= 11 is 0. The predicted molar refractivity (Wildman–Crippen MR) is 71.5 cm³/mol. The molecule has 1 saturated carbocycles. The summed E-state index contributed by atoms with van der Waals surface area (Å²) in [4.78, 5) is -0.641. The van der Waals surface area contributed by atoms with Crippen LogP contribution >= 0.6 is 0 Å². The minimum absolute atomic E-state index is 0.278. The molecular formula is C13H18F2N2O2S. The number of benzene rings is 1. The zero-order valence-corrected chi connectivity index (χ0v) is 12.0. The molecule has 0 amide bonds. The smallest absolute Gasteiger partial charge is 0.246 e. The lowest BCUT2D eigenvalue weighted by Crippen LogP contribution is -2.50. The summed E-state index contributed by atoms with van der Waals surface area (Å²) in [5, 5.41) is 0. The molecular weight excluding hydrogens is 286 g/mol. The molecule has 0 aromatic heterocycles. The SMILES string of the molecule is CN(C1CCCCC1N)S(=O)(=O)c1cc(F)ccc1F. The molecule has 2 atom stereocenters. The zero-order valence-electron chi connectivity index (χ0n) is 11.2. The molecule has 1 fully saturated rings. The van der Waals surface area contributed by atoms with Crippen LogP contribution in [0.5, 0.6) is 0 Å². The van der Waals surface area contributed by atoms with Gasteiger partial charge in [-0.2, -0.15) is 4.31 Å². The average Bonchev–Trinajstić information content (AvgIpc) is 2.41. The Hall–Kier alpha value is -1.05. The fourth-order valence-electron chi connectivity index (χ4n) is 2.60. The highest BCUT2D eigenvalue weighted by molar-refractivity contribution is 7.89. The van der Waals surface area contributed by atoms with E-state index in [1.165, 1.54) is 7.05 Å². The first-order valence-corrected chi connectivity index (χ1v) is 7.96. The van der Waals surface area contributed by atoms with E-state index in [1.54, 1.807) is 0 Å². The molecule has 7 heteroatoms. The second kappa shape index (κ2) is 5.75. The van der Waals surface area contributed by atoms with Gasteiger partial charge in [0.05, 0.1) is 0 Å². The molecule has 1 aromatic carbocycles. The summed E-state index contributed by atoms with van der Waals surface area (Å²) in [7, 11) is -2.72. The van der Waals surface area contributed by atoms with Crippen molar-refractivity contribution in [3.05, 3.63) is 29.8 Å². The average molecular weight is 304 g/mol. The van der Waals surface area contributed by atoms with E-state index in [4.69, 9.17) is 5.73 Å². The summed E-state index contributed by atoms with van der Waals surface area (Å²) in [5.41, 5.74) is 5.95. The standard InChI is InChI=1S/C13H18F2N2O2S/c1-17(12-5-3-2-4-11(12)16)20(18,19)13-8-9(14)6-7-10(13)15/h6-8,11-12H,2-5,16H2,1H3. The Kier molecular flexibility index (Phi) is 4.41. The largest absolute Gasteiger partial charge is 0.326 e. The van der Waals surface area contributed by atoms with Crippen LogP contribution in [-0.4, -0.2) is 31.9 Å². The molecule has 2 unspecified atom stereocenters. The van der Waals surface area contributed by atoms with Crippen molar-refractivity contribution in [1.82, 2.24) is 4.31 Å². The number of hydrogen-bond acceptors (Lipinski definition) is 3. The lowest BCUT2D eigenvalue weighted by molar-refractivity contribution is 0.251. The molecule has 2 N–H and O–H groups in total. The predicted octanol–water partition coefficient (Wildman–Crippen LogP) is 1.86. The van der Waals surface area contributed by atoms with Gasteiger partial charge in [-0.1, -0.05) is 12.8 Å². The molecule has 1 aliphatic carbocycles. The van der Waals surface area contributed by atoms with Gasteiger partial charge in [0.15, 0.2) is 0 Å². The van der Waals surface area contributed by atoms with E-state index in [1.807, 2.05) is 0 Å². The normalized spacial score (nSPS) is 24.1. The second-order valence-electron chi connectivity index (χ2n) is 5.11. The Balaban J connectivity index is 2.36. The summed E-state index contributed by atoms with van der Waals surface area (Å²) in [6, 6.07) is 1.75. The maximum absolute atomic E-state index is 13.7. The van der Waals surface area contributed by atoms with Crippen molar-refractivity contribution in [1.29, 1.82) is 0 Å². The zero-order chi connectivity index (χ0) is 14.9. The van der Waals surface area contributed by atoms with Gasteiger partial charge >= 0.3 is 0 Å². The van der Waals surface area contributed by atoms with Gasteiger partial charge in [-0.05, 0) is 31.0 Å². The highest BCUT2D eigenvalue weighted by Crippen LogP contribution is 2.27. The van der Waals surface area contributed by atoms with E-state index < -0.39 is 26.6 Å². The minimum Gasteiger partial charge on any atom is -0.326 e. The quantitative estimate of drug-likeness (QED) is 0.927. The fraction of sp³-hybridized carbons (Fsp3) is 0.538. The molecule has 0 aliphatic heterocycles. The van der Waals surface area contributed by atoms with Crippen LogP contribution in [0.15, 0.2) is 23.1 Å². The highest BCUT2D eigenvalue weighted by atomic mass is 32.2. The molecule has 0 bridgehead atoms. The van der Waals surface area contributed by atoms with E-state index in [9.17, 15) is 17.2 Å². The number of nitrogens with two attached hydrogens (primary N) is 1. The van der Waals surface area contributed by atoms with Crippen LogP contribution in [0.1, 0.15) is 25.7 Å². The lowest BCUT2D eigenvalue weighted by Gasteiger charge is -2.35. The van der Waals surface area contributed by atoms with Gasteiger partial charge in [-0.15, -0.1) is 0 Å². The Bertz CT molecular complexity index is 592. The third kappa shape index (κ3) is 2.84. The summed E-state index contributed by atoms with van der Waals surface area (Å²) in [6.45, 7) is 0. The van der Waals surface area contributed by atoms with Crippen molar-refractivity contribution in [2.75, 3.05) is 7.05 Å². The maximum atomic E-state index is 13.7. The van der Waals surface area contributed by atoms with Crippen molar-refractivity contribution >= 4 is 10.0 Å². The van der Waals surface area contributed by atoms with Gasteiger partial charge in [0, 0.05) is 19.1 Å². The van der Waals surface area contributed by atoms with E-state index in [0.717, 1.165) is 35.7 Å². The van der Waals surface area contributed by atoms with Crippen molar-refractivity contribution in [3.8, 4) is 0 Å². The van der Waals surface area contributed by atoms with Crippen LogP contribution in [0.3, 0.4) is 0 Å². The lowest BCUT2D eigenvalue weighted by atomic mass is 9.91. The number of rotatable bonds is 3. The first-order chi connectivity index (χ1) is 9.34. The van der Waals surface area contributed by atoms with Crippen LogP contribution in [-0.2, 0) is 10.0 Å². The Morgan fingerprint density at radius 3 is 2.55 bits per heavy atom. The van der Waals surface area contributed by atoms with Crippen molar-refractivity contribution < 1.29 is 17.2 Å². The van der Waals surface area contributed by atoms with Crippen LogP contribution in [0.4, 0.5) is 8.78 Å². The van der Waals surface area contributed by atoms with Gasteiger partial charge in [0.1, 0.15) is 16.5 Å². The summed E-state index contributed by atoms with van der Waals surface area (Å²) < 4.78 is 52.8. The molecule has 20 heavy (non-hydrogen) atoms. The van der Waals surface area contributed by atoms with Crippen molar-refractivity contribution in [2.24, 2.45) is 5.73 Å². The summed E-state index contributed by atoms with van der Waals surface area (Å²) in [5.74, 6) is -1.74. The summed E-state index contributed by atoms with van der Waals surface area (Å²) in [6.07, 6.45) is 3.20. The maximum Gasteiger partial charge on any atom is 0.246 e. The minimum atomic E-state index is -4.09. The third-order valence-corrected chi connectivity index (χ3v) is 5.70. The number of sulfonamides is 1. The van der Waals surface area contributed by atoms with Crippen molar-refractivity contribution in [2.45, 2.75) is 42.7 Å². The second-order valence-corrected chi connectivity index (χ2v) is 7.08. The third-order valence-electron chi connectivity index (χ3n) is 3.80. The molecule has 0 radical (unpaired) electrons. The Morgan fingerprint density at radius 1 is 1.25 bits per heavy atom.